The molecule has 1 rings (SSSR count). The van der Waals surface area contributed by atoms with Crippen LogP contribution in [-0.4, -0.2) is 21.6 Å². The van der Waals surface area contributed by atoms with E-state index in [1.54, 1.807) is 0 Å². The van der Waals surface area contributed by atoms with E-state index in [4.69, 9.17) is 14.7 Å². The van der Waals surface area contributed by atoms with Gasteiger partial charge in [-0.15, -0.1) is 0 Å². The summed E-state index contributed by atoms with van der Waals surface area (Å²) in [5, 5.41) is 0. The summed E-state index contributed by atoms with van der Waals surface area (Å²) in [6.07, 6.45) is 0. The minimum Gasteiger partial charge on any atom is -0.325 e. The van der Waals surface area contributed by atoms with Crippen LogP contribution in [0.5, 0.6) is 0 Å². The van der Waals surface area contributed by atoms with E-state index in [9.17, 15) is 0 Å². The monoisotopic (exact) mass is 204 g/mol. The van der Waals surface area contributed by atoms with Crippen molar-refractivity contribution in [2.45, 2.75) is 6.92 Å². The maximum absolute atomic E-state index is 7.56. The third-order valence-corrected chi connectivity index (χ3v) is 0.940. The zero-order valence-electron chi connectivity index (χ0n) is 6.58. The zero-order valence-corrected chi connectivity index (χ0v) is 8.29. The Kier molecular flexibility index (Phi) is 5.54. The van der Waals surface area contributed by atoms with Crippen LogP contribution in [0, 0.1) is 6.92 Å². The first-order valence-electron chi connectivity index (χ1n) is 3.19. The topological polar surface area (TPSA) is 60.7 Å². The largest absolute Gasteiger partial charge is 0.325 e. The van der Waals surface area contributed by atoms with Crippen molar-refractivity contribution in [3.05, 3.63) is 29.6 Å². The van der Waals surface area contributed by atoms with E-state index in [0.29, 0.717) is 0 Å². The summed E-state index contributed by atoms with van der Waals surface area (Å²) in [5.74, 6) is 2.04. The van der Waals surface area contributed by atoms with Gasteiger partial charge in [0, 0.05) is 0 Å². The summed E-state index contributed by atoms with van der Waals surface area (Å²) in [6.45, 7) is 0.361. The fourth-order valence-electron chi connectivity index (χ4n) is 0.534. The van der Waals surface area contributed by atoms with Gasteiger partial charge in [-0.2, -0.15) is 0 Å². The predicted octanol–water partition coefficient (Wildman–Crippen LogP) is 0.521. The van der Waals surface area contributed by atoms with Crippen molar-refractivity contribution in [3.63, 3.8) is 0 Å². The van der Waals surface area contributed by atoms with Crippen LogP contribution in [0.1, 0.15) is 5.46 Å². The molecule has 0 aliphatic heterocycles. The van der Waals surface area contributed by atoms with Gasteiger partial charge in [0.1, 0.15) is 0 Å². The average molecular weight is 204 g/mol. The Morgan fingerprint density at radius 1 is 1.33 bits per heavy atom. The van der Waals surface area contributed by atoms with Crippen LogP contribution in [-0.2, 0) is 11.8 Å². The molecule has 0 spiro atoms. The Morgan fingerprint density at radius 3 is 2.00 bits per heavy atom. The molecule has 0 saturated carbocycles. The first-order chi connectivity index (χ1) is 5.39. The van der Waals surface area contributed by atoms with E-state index >= 15 is 0 Å². The Labute approximate surface area is 77.2 Å². The molecule has 0 fully saturated rings. The van der Waals surface area contributed by atoms with Crippen molar-refractivity contribution >= 4 is 25.4 Å². The fraction of sp³-hybridized carbons (Fsp3) is 0.167. The minimum atomic E-state index is -3.81. The molecule has 3 nitrogen and oxygen atoms in total. The van der Waals surface area contributed by atoms with E-state index in [-0.39, 0.29) is 0 Å². The van der Waals surface area contributed by atoms with E-state index in [1.165, 1.54) is 5.46 Å². The van der Waals surface area contributed by atoms with Crippen molar-refractivity contribution in [2.24, 2.45) is 0 Å². The molecule has 1 aromatic rings. The van der Waals surface area contributed by atoms with Gasteiger partial charge in [0.25, 0.3) is 0 Å². The normalized spacial score (nSPS) is 9.67. The summed E-state index contributed by atoms with van der Waals surface area (Å²) < 4.78 is 0. The molecule has 0 bridgehead atoms. The summed E-state index contributed by atoms with van der Waals surface area (Å²) in [4.78, 5) is 22.7. The van der Waals surface area contributed by atoms with Gasteiger partial charge in [-0.3, -0.25) is 0 Å². The zero-order chi connectivity index (χ0) is 9.61. The molecule has 0 radical (unpaired) electrons. The van der Waals surface area contributed by atoms with Gasteiger partial charge in [-0.1, -0.05) is 0 Å². The van der Waals surface area contributed by atoms with Gasteiger partial charge in [-0.05, 0) is 11.8 Å². The second-order valence-corrected chi connectivity index (χ2v) is 4.66. The summed E-state index contributed by atoms with van der Waals surface area (Å²) in [6, 6.07) is 6.14. The van der Waals surface area contributed by atoms with Crippen LogP contribution in [0.2, 0.25) is 0 Å². The first-order valence-corrected chi connectivity index (χ1v) is 5.85. The van der Waals surface area contributed by atoms with Gasteiger partial charge in [0.05, 0.1) is 0 Å². The van der Waals surface area contributed by atoms with Crippen molar-refractivity contribution in [1.82, 2.24) is 0 Å². The third-order valence-electron chi connectivity index (χ3n) is 0.940. The molecule has 1 aromatic heterocycles. The van der Waals surface area contributed by atoms with Crippen LogP contribution in [0.3, 0.4) is 0 Å². The van der Waals surface area contributed by atoms with Crippen molar-refractivity contribution in [3.8, 4) is 0 Å². The minimum absolute atomic E-state index is 1.32. The standard InChI is InChI=1S/C6H7B.H3O3PS/c1-6-4-2-3-5-7-6;1-4(2,3)5/h2-5H,1H3;(H3,1,2,3,5). The van der Waals surface area contributed by atoms with Crippen molar-refractivity contribution in [2.75, 3.05) is 0 Å². The van der Waals surface area contributed by atoms with E-state index < -0.39 is 6.72 Å². The molecule has 0 atom stereocenters. The van der Waals surface area contributed by atoms with Gasteiger partial charge >= 0.3 is 50.2 Å². The second kappa shape index (κ2) is 5.57. The van der Waals surface area contributed by atoms with Crippen LogP contribution < -0.4 is 0 Å². The number of hydrogen-bond donors (Lipinski definition) is 3. The van der Waals surface area contributed by atoms with E-state index in [0.717, 1.165) is 0 Å². The van der Waals surface area contributed by atoms with E-state index in [1.807, 2.05) is 18.1 Å². The number of aryl methyl sites for hydroxylation is 1. The van der Waals surface area contributed by atoms with Crippen LogP contribution >= 0.6 is 6.72 Å². The Balaban J connectivity index is 0.000000217. The molecule has 0 aromatic carbocycles. The molecule has 12 heavy (non-hydrogen) atoms. The summed E-state index contributed by atoms with van der Waals surface area (Å²) >= 11 is 3.60. The van der Waals surface area contributed by atoms with Gasteiger partial charge in [-0.25, -0.2) is 0 Å². The van der Waals surface area contributed by atoms with E-state index in [2.05, 4.69) is 31.7 Å². The quantitative estimate of drug-likeness (QED) is 0.539. The number of rotatable bonds is 0. The molecule has 6 heteroatoms. The maximum Gasteiger partial charge on any atom is 0.319 e. The van der Waals surface area contributed by atoms with Crippen molar-refractivity contribution in [1.29, 1.82) is 0 Å². The first kappa shape index (κ1) is 11.9. The van der Waals surface area contributed by atoms with Crippen LogP contribution in [0.25, 0.3) is 0 Å². The van der Waals surface area contributed by atoms with Crippen molar-refractivity contribution < 1.29 is 14.7 Å². The molecular weight excluding hydrogens is 194 g/mol. The molecular formula is C6H10BO3PS. The smallest absolute Gasteiger partial charge is 0.319 e. The molecule has 0 aliphatic carbocycles. The summed E-state index contributed by atoms with van der Waals surface area (Å²) in [7, 11) is 0. The Hall–Kier alpha value is -0.0551. The second-order valence-electron chi connectivity index (χ2n) is 2.17. The molecule has 1 heterocycles. The number of hydrogen-bond acceptors (Lipinski definition) is 1. The predicted molar refractivity (Wildman–Crippen MR) is 53.5 cm³/mol. The Bertz CT molecular complexity index is 252. The molecule has 0 aliphatic rings. The average Bonchev–Trinajstić information content (AvgIpc) is 1.85. The fourth-order valence-corrected chi connectivity index (χ4v) is 0.534. The molecule has 3 N–H and O–H groups in total. The third kappa shape index (κ3) is 12.6. The molecule has 0 saturated heterocycles. The van der Waals surface area contributed by atoms with Gasteiger partial charge < -0.3 is 14.7 Å². The van der Waals surface area contributed by atoms with Crippen LogP contribution in [0.15, 0.2) is 24.2 Å². The van der Waals surface area contributed by atoms with Gasteiger partial charge in [0.15, 0.2) is 0 Å². The van der Waals surface area contributed by atoms with Gasteiger partial charge in [0.2, 0.25) is 0 Å². The summed E-state index contributed by atoms with van der Waals surface area (Å²) in [5.41, 5.74) is 1.32. The maximum atomic E-state index is 7.56. The Morgan fingerprint density at radius 2 is 1.83 bits per heavy atom. The van der Waals surface area contributed by atoms with Crippen LogP contribution in [0.4, 0.5) is 0 Å². The molecule has 0 unspecified atom stereocenters. The SMILES string of the molecule is Cc1bcccc1.OP(O)(O)=S. The molecule has 0 amide bonds. The molecule has 66 valence electrons.